The Balaban J connectivity index is 1.80. The number of thiophene rings is 1. The van der Waals surface area contributed by atoms with Crippen LogP contribution in [0.3, 0.4) is 0 Å². The number of rotatable bonds is 5. The van der Waals surface area contributed by atoms with Crippen molar-refractivity contribution in [2.45, 2.75) is 6.54 Å². The molecule has 2 heterocycles. The van der Waals surface area contributed by atoms with E-state index in [1.165, 1.54) is 7.11 Å². The summed E-state index contributed by atoms with van der Waals surface area (Å²) in [6.45, 7) is 0.369. The summed E-state index contributed by atoms with van der Waals surface area (Å²) in [4.78, 5) is 16.9. The summed E-state index contributed by atoms with van der Waals surface area (Å²) in [5, 5.41) is 7.43. The van der Waals surface area contributed by atoms with Crippen LogP contribution in [-0.2, 0) is 6.54 Å². The van der Waals surface area contributed by atoms with Crippen molar-refractivity contribution in [2.24, 2.45) is 0 Å². The van der Waals surface area contributed by atoms with Gasteiger partial charge < -0.3 is 10.1 Å². The highest BCUT2D eigenvalue weighted by Crippen LogP contribution is 2.25. The van der Waals surface area contributed by atoms with E-state index in [1.807, 2.05) is 29.0 Å². The van der Waals surface area contributed by atoms with Gasteiger partial charge in [-0.3, -0.25) is 9.78 Å². The summed E-state index contributed by atoms with van der Waals surface area (Å²) in [5.74, 6) is 0.246. The predicted octanol–water partition coefficient (Wildman–Crippen LogP) is 4.40. The molecule has 0 saturated carbocycles. The van der Waals surface area contributed by atoms with E-state index in [4.69, 9.17) is 16.3 Å². The summed E-state index contributed by atoms with van der Waals surface area (Å²) in [7, 11) is 1.52. The highest BCUT2D eigenvalue weighted by atomic mass is 35.5. The van der Waals surface area contributed by atoms with Gasteiger partial charge in [0.15, 0.2) is 0 Å². The normalized spacial score (nSPS) is 10.4. The fourth-order valence-electron chi connectivity index (χ4n) is 2.37. The van der Waals surface area contributed by atoms with Gasteiger partial charge in [0.2, 0.25) is 0 Å². The van der Waals surface area contributed by atoms with Gasteiger partial charge in [-0.05, 0) is 41.3 Å². The summed E-state index contributed by atoms with van der Waals surface area (Å²) in [5.41, 5.74) is 3.28. The van der Waals surface area contributed by atoms with Gasteiger partial charge in [0.1, 0.15) is 5.75 Å². The lowest BCUT2D eigenvalue weighted by molar-refractivity contribution is 0.0948. The van der Waals surface area contributed by atoms with E-state index < -0.39 is 0 Å². The van der Waals surface area contributed by atoms with Crippen molar-refractivity contribution in [3.63, 3.8) is 0 Å². The number of aromatic nitrogens is 1. The quantitative estimate of drug-likeness (QED) is 0.735. The molecule has 0 saturated heterocycles. The first kappa shape index (κ1) is 16.5. The molecule has 0 fully saturated rings. The number of benzene rings is 1. The zero-order valence-corrected chi connectivity index (χ0v) is 14.5. The smallest absolute Gasteiger partial charge is 0.255 e. The number of hydrogen-bond donors (Lipinski definition) is 1. The standard InChI is InChI=1S/C18H15ClN2O2S/c1-23-16-5-4-14(19)9-15(16)18(22)21-10-12-3-2-7-20-17(12)13-6-8-24-11-13/h2-9,11H,10H2,1H3,(H,21,22). The van der Waals surface area contributed by atoms with E-state index in [0.29, 0.717) is 22.9 Å². The summed E-state index contributed by atoms with van der Waals surface area (Å²) < 4.78 is 5.23. The minimum Gasteiger partial charge on any atom is -0.496 e. The maximum Gasteiger partial charge on any atom is 0.255 e. The second-order valence-electron chi connectivity index (χ2n) is 5.05. The van der Waals surface area contributed by atoms with Gasteiger partial charge in [0, 0.05) is 28.7 Å². The van der Waals surface area contributed by atoms with Crippen LogP contribution in [0.5, 0.6) is 5.75 Å². The molecule has 4 nitrogen and oxygen atoms in total. The van der Waals surface area contributed by atoms with Crippen molar-refractivity contribution in [1.29, 1.82) is 0 Å². The van der Waals surface area contributed by atoms with Crippen LogP contribution >= 0.6 is 22.9 Å². The van der Waals surface area contributed by atoms with Crippen molar-refractivity contribution >= 4 is 28.8 Å². The number of hydrogen-bond acceptors (Lipinski definition) is 4. The lowest BCUT2D eigenvalue weighted by Gasteiger charge is -2.11. The Labute approximate surface area is 149 Å². The van der Waals surface area contributed by atoms with E-state index in [9.17, 15) is 4.79 Å². The number of ether oxygens (including phenoxy) is 1. The first-order valence-corrected chi connectivity index (χ1v) is 8.59. The number of nitrogens with zero attached hydrogens (tertiary/aromatic N) is 1. The summed E-state index contributed by atoms with van der Waals surface area (Å²) in [6.07, 6.45) is 1.75. The minimum atomic E-state index is -0.241. The van der Waals surface area contributed by atoms with Crippen LogP contribution in [0.15, 0.2) is 53.4 Å². The number of carbonyl (C=O) groups excluding carboxylic acids is 1. The molecule has 0 atom stereocenters. The molecule has 6 heteroatoms. The van der Waals surface area contributed by atoms with Crippen molar-refractivity contribution in [1.82, 2.24) is 10.3 Å². The van der Waals surface area contributed by atoms with Crippen molar-refractivity contribution < 1.29 is 9.53 Å². The molecule has 0 aliphatic carbocycles. The number of carbonyl (C=O) groups is 1. The average Bonchev–Trinajstić information content (AvgIpc) is 3.14. The molecule has 0 spiro atoms. The van der Waals surface area contributed by atoms with Gasteiger partial charge in [-0.2, -0.15) is 11.3 Å². The monoisotopic (exact) mass is 358 g/mol. The molecular formula is C18H15ClN2O2S. The number of halogens is 1. The van der Waals surface area contributed by atoms with Crippen LogP contribution < -0.4 is 10.1 Å². The van der Waals surface area contributed by atoms with Gasteiger partial charge in [-0.1, -0.05) is 17.7 Å². The zero-order chi connectivity index (χ0) is 16.9. The maximum absolute atomic E-state index is 12.5. The summed E-state index contributed by atoms with van der Waals surface area (Å²) in [6, 6.07) is 10.8. The van der Waals surface area contributed by atoms with Crippen molar-refractivity contribution in [3.8, 4) is 17.0 Å². The van der Waals surface area contributed by atoms with Crippen LogP contribution in [0.25, 0.3) is 11.3 Å². The van der Waals surface area contributed by atoms with Crippen molar-refractivity contribution in [2.75, 3.05) is 7.11 Å². The molecule has 24 heavy (non-hydrogen) atoms. The van der Waals surface area contributed by atoms with E-state index in [2.05, 4.69) is 10.3 Å². The molecule has 0 bridgehead atoms. The second kappa shape index (κ2) is 7.47. The number of nitrogens with one attached hydrogen (secondary N) is 1. The zero-order valence-electron chi connectivity index (χ0n) is 13.0. The fraction of sp³-hybridized carbons (Fsp3) is 0.111. The fourth-order valence-corrected chi connectivity index (χ4v) is 3.18. The summed E-state index contributed by atoms with van der Waals surface area (Å²) >= 11 is 7.60. The van der Waals surface area contributed by atoms with E-state index in [0.717, 1.165) is 16.8 Å². The molecule has 1 aromatic carbocycles. The first-order chi connectivity index (χ1) is 11.7. The lowest BCUT2D eigenvalue weighted by atomic mass is 10.1. The molecule has 0 radical (unpaired) electrons. The highest BCUT2D eigenvalue weighted by molar-refractivity contribution is 7.08. The number of methoxy groups -OCH3 is 1. The Morgan fingerprint density at radius 2 is 2.21 bits per heavy atom. The van der Waals surface area contributed by atoms with Crippen molar-refractivity contribution in [3.05, 3.63) is 69.5 Å². The third kappa shape index (κ3) is 3.58. The van der Waals surface area contributed by atoms with Gasteiger partial charge in [0.05, 0.1) is 18.4 Å². The SMILES string of the molecule is COc1ccc(Cl)cc1C(=O)NCc1cccnc1-c1ccsc1. The van der Waals surface area contributed by atoms with Gasteiger partial charge in [-0.25, -0.2) is 0 Å². The molecule has 0 unspecified atom stereocenters. The Bertz CT molecular complexity index is 850. The Hall–Kier alpha value is -2.37. The average molecular weight is 359 g/mol. The van der Waals surface area contributed by atoms with Gasteiger partial charge in [0.25, 0.3) is 5.91 Å². The van der Waals surface area contributed by atoms with Crippen LogP contribution in [-0.4, -0.2) is 18.0 Å². The Kier molecular flexibility index (Phi) is 5.13. The molecule has 2 aromatic heterocycles. The molecule has 1 N–H and O–H groups in total. The third-order valence-corrected chi connectivity index (χ3v) is 4.45. The van der Waals surface area contributed by atoms with E-state index >= 15 is 0 Å². The molecule has 0 aliphatic rings. The van der Waals surface area contributed by atoms with Gasteiger partial charge in [-0.15, -0.1) is 0 Å². The minimum absolute atomic E-state index is 0.241. The predicted molar refractivity (Wildman–Crippen MR) is 96.7 cm³/mol. The van der Waals surface area contributed by atoms with Crippen LogP contribution in [0, 0.1) is 0 Å². The van der Waals surface area contributed by atoms with Crippen LogP contribution in [0.4, 0.5) is 0 Å². The molecule has 1 amide bonds. The molecule has 122 valence electrons. The molecule has 3 rings (SSSR count). The largest absolute Gasteiger partial charge is 0.496 e. The molecule has 3 aromatic rings. The first-order valence-electron chi connectivity index (χ1n) is 7.27. The Morgan fingerprint density at radius 1 is 1.33 bits per heavy atom. The maximum atomic E-state index is 12.5. The second-order valence-corrected chi connectivity index (χ2v) is 6.27. The highest BCUT2D eigenvalue weighted by Gasteiger charge is 2.14. The molecular weight excluding hydrogens is 344 g/mol. The van der Waals surface area contributed by atoms with Crippen LogP contribution in [0.1, 0.15) is 15.9 Å². The van der Waals surface area contributed by atoms with Crippen LogP contribution in [0.2, 0.25) is 5.02 Å². The lowest BCUT2D eigenvalue weighted by Crippen LogP contribution is -2.23. The number of amides is 1. The molecule has 0 aliphatic heterocycles. The number of pyridine rings is 1. The van der Waals surface area contributed by atoms with E-state index in [1.54, 1.807) is 35.7 Å². The van der Waals surface area contributed by atoms with Gasteiger partial charge >= 0.3 is 0 Å². The van der Waals surface area contributed by atoms with E-state index in [-0.39, 0.29) is 5.91 Å². The topological polar surface area (TPSA) is 51.2 Å². The third-order valence-electron chi connectivity index (χ3n) is 3.53. The Morgan fingerprint density at radius 3 is 2.96 bits per heavy atom.